The summed E-state index contributed by atoms with van der Waals surface area (Å²) in [7, 11) is -3.45. The maximum atomic E-state index is 16.1. The minimum absolute atomic E-state index is 0.119. The van der Waals surface area contributed by atoms with Crippen molar-refractivity contribution in [3.05, 3.63) is 146 Å². The third-order valence-corrected chi connectivity index (χ3v) is 14.6. The standard InChI is InChI=1S/C38H31BF10NOP.CH2Cl2/c1-18-14-20(3)37(21(4)15-18)52(38-22(5)16-19(2)17-23(38)6)13-12-39(51-50(52)24-10-8-7-9-11-24,25-27(40)31(44)35(48)32(45)28(25)41)26-29(42)33(46)36(49)34(47)30(26)43;2-1-3/h7-11,14-17H,12-13H2,1-6H3;1H2. The summed E-state index contributed by atoms with van der Waals surface area (Å²) in [4.78, 5) is 1.18. The van der Waals surface area contributed by atoms with Crippen LogP contribution in [0.3, 0.4) is 0 Å². The van der Waals surface area contributed by atoms with Crippen LogP contribution in [-0.2, 0) is 4.76 Å². The first-order valence-electron chi connectivity index (χ1n) is 16.7. The fourth-order valence-corrected chi connectivity index (χ4v) is 13.6. The first kappa shape index (κ1) is 42.4. The Morgan fingerprint density at radius 1 is 0.545 bits per heavy atom. The van der Waals surface area contributed by atoms with E-state index in [1.165, 1.54) is 17.0 Å². The van der Waals surface area contributed by atoms with E-state index in [1.54, 1.807) is 18.2 Å². The molecule has 1 saturated heterocycles. The Balaban J connectivity index is 0.00000187. The van der Waals surface area contributed by atoms with Gasteiger partial charge >= 0.3 is 0 Å². The highest BCUT2D eigenvalue weighted by molar-refractivity contribution is 7.91. The van der Waals surface area contributed by atoms with Gasteiger partial charge in [-0.2, -0.15) is 4.83 Å². The van der Waals surface area contributed by atoms with E-state index < -0.39 is 89.2 Å². The van der Waals surface area contributed by atoms with E-state index in [0.717, 1.165) is 33.4 Å². The van der Waals surface area contributed by atoms with Gasteiger partial charge in [-0.3, -0.25) is 0 Å². The monoisotopic (exact) mass is 833 g/mol. The maximum Gasteiger partial charge on any atom is 0.218 e. The molecule has 1 aliphatic heterocycles. The molecule has 0 aliphatic carbocycles. The summed E-state index contributed by atoms with van der Waals surface area (Å²) in [6.45, 7) is 11.0. The van der Waals surface area contributed by atoms with Crippen LogP contribution in [0.25, 0.3) is 0 Å². The molecular formula is C39H33BCl2F10NOP. The van der Waals surface area contributed by atoms with Crippen LogP contribution in [0.5, 0.6) is 0 Å². The highest BCUT2D eigenvalue weighted by atomic mass is 35.5. The van der Waals surface area contributed by atoms with Gasteiger partial charge in [0.1, 0.15) is 39.6 Å². The van der Waals surface area contributed by atoms with Gasteiger partial charge in [-0.25, -0.2) is 43.9 Å². The Labute approximate surface area is 322 Å². The van der Waals surface area contributed by atoms with E-state index in [9.17, 15) is 8.78 Å². The lowest BCUT2D eigenvalue weighted by molar-refractivity contribution is 0.326. The van der Waals surface area contributed by atoms with Gasteiger partial charge < -0.3 is 4.76 Å². The molecule has 0 saturated carbocycles. The van der Waals surface area contributed by atoms with Crippen molar-refractivity contribution in [2.24, 2.45) is 0 Å². The zero-order chi connectivity index (χ0) is 40.9. The van der Waals surface area contributed by atoms with Crippen LogP contribution < -0.4 is 26.4 Å². The van der Waals surface area contributed by atoms with Crippen molar-refractivity contribution in [3.63, 3.8) is 0 Å². The van der Waals surface area contributed by atoms with Gasteiger partial charge in [0.2, 0.25) is 6.35 Å². The molecule has 5 aromatic carbocycles. The maximum absolute atomic E-state index is 16.1. The predicted octanol–water partition coefficient (Wildman–Crippen LogP) is 10.4. The second-order valence-corrected chi connectivity index (χ2v) is 17.6. The van der Waals surface area contributed by atoms with Crippen LogP contribution in [0.1, 0.15) is 33.4 Å². The van der Waals surface area contributed by atoms with E-state index >= 15 is 35.1 Å². The number of halogens is 12. The highest BCUT2D eigenvalue weighted by Crippen LogP contribution is 2.67. The molecular weight excluding hydrogens is 801 g/mol. The van der Waals surface area contributed by atoms with Gasteiger partial charge in [-0.1, -0.05) is 64.5 Å². The summed E-state index contributed by atoms with van der Waals surface area (Å²) >= 11 is 9.53. The van der Waals surface area contributed by atoms with Gasteiger partial charge in [0.15, 0.2) is 42.3 Å². The number of nitrogens with zero attached hydrogens (tertiary/aromatic N) is 1. The molecule has 1 fully saturated rings. The van der Waals surface area contributed by atoms with Crippen LogP contribution in [0.2, 0.25) is 6.32 Å². The number of benzene rings is 5. The molecule has 1 aliphatic rings. The summed E-state index contributed by atoms with van der Waals surface area (Å²) < 4.78 is 160. The molecule has 6 rings (SSSR count). The Morgan fingerprint density at radius 2 is 0.855 bits per heavy atom. The van der Waals surface area contributed by atoms with Crippen LogP contribution in [0, 0.1) is 99.7 Å². The number of hydrogen-bond donors (Lipinski definition) is 0. The number of aryl methyl sites for hydroxylation is 6. The van der Waals surface area contributed by atoms with Crippen molar-refractivity contribution < 1.29 is 48.7 Å². The molecule has 16 heteroatoms. The fraction of sp³-hybridized carbons (Fsp3) is 0.231. The second kappa shape index (κ2) is 16.0. The Hall–Kier alpha value is -3.77. The van der Waals surface area contributed by atoms with Crippen molar-refractivity contribution in [3.8, 4) is 0 Å². The van der Waals surface area contributed by atoms with Gasteiger partial charge in [0, 0.05) is 0 Å². The molecule has 0 N–H and O–H groups in total. The minimum Gasteiger partial charge on any atom is -0.447 e. The van der Waals surface area contributed by atoms with Crippen LogP contribution >= 0.6 is 30.6 Å². The van der Waals surface area contributed by atoms with Crippen LogP contribution in [0.15, 0.2) is 54.6 Å². The molecule has 0 atom stereocenters. The van der Waals surface area contributed by atoms with E-state index in [4.69, 9.17) is 28.0 Å². The lowest BCUT2D eigenvalue weighted by atomic mass is 9.30. The first-order chi connectivity index (χ1) is 25.8. The molecule has 5 aromatic rings. The highest BCUT2D eigenvalue weighted by Gasteiger charge is 2.61. The van der Waals surface area contributed by atoms with Gasteiger partial charge in [-0.05, 0) is 75.9 Å². The van der Waals surface area contributed by atoms with Crippen molar-refractivity contribution in [2.45, 2.75) is 47.9 Å². The summed E-state index contributed by atoms with van der Waals surface area (Å²) in [6, 6.07) is 15.2. The van der Waals surface area contributed by atoms with E-state index in [-0.39, 0.29) is 17.2 Å². The topological polar surface area (TPSA) is 12.5 Å². The van der Waals surface area contributed by atoms with Crippen molar-refractivity contribution >= 4 is 64.2 Å². The summed E-state index contributed by atoms with van der Waals surface area (Å²) in [5, 5.41) is 1.55. The predicted molar refractivity (Wildman–Crippen MR) is 201 cm³/mol. The number of para-hydroxylation sites is 1. The molecule has 0 unspecified atom stereocenters. The van der Waals surface area contributed by atoms with E-state index in [0.29, 0.717) is 10.6 Å². The SMILES string of the molecule is Cc1cc(C)c([P+]2(c3c(C)cc(C)cc3C)CC[B-](c3c(F)c(F)c(F)c(F)c3F)(c3c(F)c(F)c(F)c(F)c3F)ON2c2ccccc2)c(C)c1.ClCCl. The molecule has 2 nitrogen and oxygen atoms in total. The molecule has 55 heavy (non-hydrogen) atoms. The van der Waals surface area contributed by atoms with Crippen molar-refractivity contribution in [1.29, 1.82) is 0 Å². The van der Waals surface area contributed by atoms with Gasteiger partial charge in [-0.15, -0.1) is 29.5 Å². The number of rotatable bonds is 5. The van der Waals surface area contributed by atoms with E-state index in [2.05, 4.69) is 0 Å². The summed E-state index contributed by atoms with van der Waals surface area (Å²) in [6.07, 6.45) is -5.82. The summed E-state index contributed by atoms with van der Waals surface area (Å²) in [5.74, 6) is -25.3. The zero-order valence-electron chi connectivity index (χ0n) is 30.2. The lowest BCUT2D eigenvalue weighted by Crippen LogP contribution is -2.71. The minimum atomic E-state index is -4.55. The third kappa shape index (κ3) is 6.89. The van der Waals surface area contributed by atoms with Crippen LogP contribution in [0.4, 0.5) is 49.6 Å². The molecule has 0 bridgehead atoms. The third-order valence-electron chi connectivity index (χ3n) is 9.86. The molecule has 1 heterocycles. The first-order valence-corrected chi connectivity index (χ1v) is 19.7. The Morgan fingerprint density at radius 3 is 1.18 bits per heavy atom. The largest absolute Gasteiger partial charge is 0.447 e. The molecule has 0 radical (unpaired) electrons. The number of alkyl halides is 2. The molecule has 292 valence electrons. The molecule has 0 aromatic heterocycles. The fourth-order valence-electron chi connectivity index (χ4n) is 8.21. The van der Waals surface area contributed by atoms with Crippen molar-refractivity contribution in [2.75, 3.05) is 16.3 Å². The van der Waals surface area contributed by atoms with Gasteiger partial charge in [0.25, 0.3) is 0 Å². The zero-order valence-corrected chi connectivity index (χ0v) is 32.6. The smallest absolute Gasteiger partial charge is 0.218 e. The second-order valence-electron chi connectivity index (χ2n) is 13.5. The quantitative estimate of drug-likeness (QED) is 0.0437. The van der Waals surface area contributed by atoms with Crippen LogP contribution in [-0.4, -0.2) is 17.8 Å². The molecule has 0 spiro atoms. The average Bonchev–Trinajstić information content (AvgIpc) is 3.12. The Kier molecular flexibility index (Phi) is 12.3. The normalized spacial score (nSPS) is 14.8. The Bertz CT molecular complexity index is 2080. The lowest BCUT2D eigenvalue weighted by Gasteiger charge is -2.55. The molecule has 0 amide bonds. The van der Waals surface area contributed by atoms with E-state index in [1.807, 2.05) is 65.8 Å². The van der Waals surface area contributed by atoms with Gasteiger partial charge in [0.05, 0.1) is 11.5 Å². The number of hydrogen-bond acceptors (Lipinski definition) is 2. The van der Waals surface area contributed by atoms with Crippen molar-refractivity contribution in [1.82, 2.24) is 0 Å². The average molecular weight is 834 g/mol. The summed E-state index contributed by atoms with van der Waals surface area (Å²) in [5.41, 5.74) is 1.06. The number of anilines is 1.